The Morgan fingerprint density at radius 2 is 2.13 bits per heavy atom. The average molecular weight is 248 g/mol. The topological polar surface area (TPSA) is 48.4 Å². The summed E-state index contributed by atoms with van der Waals surface area (Å²) >= 11 is 1.41. The standard InChI is InChI=1S/C9H15NO3PS/c1-3-12-14(11,13-4-2)6-5-9-7-15-8-10-9/h7H,3-6H2,1-2H3. The first-order chi connectivity index (χ1) is 7.20. The largest absolute Gasteiger partial charge is 0.331 e. The number of rotatable bonds is 7. The number of hydrogen-bond acceptors (Lipinski definition) is 5. The average Bonchev–Trinajstić information content (AvgIpc) is 2.68. The molecule has 85 valence electrons. The Labute approximate surface area is 94.2 Å². The van der Waals surface area contributed by atoms with Crippen molar-refractivity contribution >= 4 is 18.9 Å². The molecule has 0 saturated carbocycles. The van der Waals surface area contributed by atoms with Gasteiger partial charge < -0.3 is 9.05 Å². The molecule has 0 aromatic carbocycles. The van der Waals surface area contributed by atoms with Crippen LogP contribution in [-0.4, -0.2) is 24.4 Å². The zero-order valence-electron chi connectivity index (χ0n) is 8.93. The molecule has 1 aromatic rings. The van der Waals surface area contributed by atoms with Gasteiger partial charge in [0, 0.05) is 11.8 Å². The van der Waals surface area contributed by atoms with E-state index in [9.17, 15) is 4.57 Å². The molecule has 6 heteroatoms. The van der Waals surface area contributed by atoms with Crippen molar-refractivity contribution in [1.29, 1.82) is 0 Å². The van der Waals surface area contributed by atoms with Crippen LogP contribution in [0, 0.1) is 5.51 Å². The van der Waals surface area contributed by atoms with Gasteiger partial charge >= 0.3 is 7.60 Å². The normalized spacial score (nSPS) is 11.9. The highest BCUT2D eigenvalue weighted by Crippen LogP contribution is 2.48. The summed E-state index contributed by atoms with van der Waals surface area (Å²) in [4.78, 5) is 4.00. The molecule has 0 atom stereocenters. The molecule has 1 aromatic heterocycles. The molecular weight excluding hydrogens is 233 g/mol. The van der Waals surface area contributed by atoms with Gasteiger partial charge in [0.05, 0.1) is 25.1 Å². The molecule has 4 nitrogen and oxygen atoms in total. The minimum absolute atomic E-state index is 0.381. The molecule has 0 N–H and O–H groups in total. The van der Waals surface area contributed by atoms with Gasteiger partial charge in [-0.1, -0.05) is 0 Å². The number of nitrogens with zero attached hydrogens (tertiary/aromatic N) is 1. The smallest absolute Gasteiger partial charge is 0.309 e. The molecule has 0 saturated heterocycles. The quantitative estimate of drug-likeness (QED) is 0.696. The van der Waals surface area contributed by atoms with Crippen molar-refractivity contribution in [3.8, 4) is 0 Å². The van der Waals surface area contributed by atoms with Crippen molar-refractivity contribution in [1.82, 2.24) is 4.98 Å². The summed E-state index contributed by atoms with van der Waals surface area (Å²) in [6.07, 6.45) is 0.990. The number of aromatic nitrogens is 1. The van der Waals surface area contributed by atoms with E-state index in [0.717, 1.165) is 5.69 Å². The van der Waals surface area contributed by atoms with Crippen LogP contribution >= 0.6 is 18.9 Å². The molecule has 15 heavy (non-hydrogen) atoms. The van der Waals surface area contributed by atoms with E-state index in [1.165, 1.54) is 11.3 Å². The number of hydrogen-bond donors (Lipinski definition) is 0. The molecule has 1 rings (SSSR count). The SMILES string of the molecule is CCOP(=O)(CCc1cs[c]n1)OCC. The van der Waals surface area contributed by atoms with E-state index in [0.29, 0.717) is 25.8 Å². The van der Waals surface area contributed by atoms with Crippen molar-refractivity contribution in [2.24, 2.45) is 0 Å². The lowest BCUT2D eigenvalue weighted by atomic mass is 10.4. The van der Waals surface area contributed by atoms with Gasteiger partial charge in [0.15, 0.2) is 5.51 Å². The Kier molecular flexibility index (Phi) is 5.47. The van der Waals surface area contributed by atoms with Crippen LogP contribution in [0.5, 0.6) is 0 Å². The lowest BCUT2D eigenvalue weighted by Gasteiger charge is -2.16. The maximum Gasteiger partial charge on any atom is 0.331 e. The highest BCUT2D eigenvalue weighted by molar-refractivity contribution is 7.53. The van der Waals surface area contributed by atoms with E-state index < -0.39 is 7.60 Å². The third-order valence-electron chi connectivity index (χ3n) is 1.73. The lowest BCUT2D eigenvalue weighted by Crippen LogP contribution is -2.02. The van der Waals surface area contributed by atoms with Crippen LogP contribution < -0.4 is 0 Å². The predicted molar refractivity (Wildman–Crippen MR) is 60.4 cm³/mol. The lowest BCUT2D eigenvalue weighted by molar-refractivity contribution is 0.220. The van der Waals surface area contributed by atoms with E-state index in [2.05, 4.69) is 10.5 Å². The van der Waals surface area contributed by atoms with Crippen LogP contribution in [0.2, 0.25) is 0 Å². The maximum atomic E-state index is 12.0. The van der Waals surface area contributed by atoms with Gasteiger partial charge in [-0.05, 0) is 13.8 Å². The van der Waals surface area contributed by atoms with Gasteiger partial charge in [0.2, 0.25) is 0 Å². The Bertz CT molecular complexity index is 305. The van der Waals surface area contributed by atoms with Gasteiger partial charge in [0.1, 0.15) is 0 Å². The summed E-state index contributed by atoms with van der Waals surface area (Å²) < 4.78 is 22.4. The molecule has 0 aliphatic carbocycles. The summed E-state index contributed by atoms with van der Waals surface area (Å²) in [7, 11) is -2.91. The number of aryl methyl sites for hydroxylation is 1. The first-order valence-electron chi connectivity index (χ1n) is 4.88. The highest BCUT2D eigenvalue weighted by Gasteiger charge is 2.23. The second kappa shape index (κ2) is 6.38. The minimum atomic E-state index is -2.91. The van der Waals surface area contributed by atoms with Crippen molar-refractivity contribution < 1.29 is 13.6 Å². The fourth-order valence-corrected chi connectivity index (χ4v) is 3.28. The zero-order chi connectivity index (χ0) is 11.1. The van der Waals surface area contributed by atoms with Crippen LogP contribution in [0.4, 0.5) is 0 Å². The van der Waals surface area contributed by atoms with E-state index in [1.807, 2.05) is 19.2 Å². The third kappa shape index (κ3) is 4.43. The zero-order valence-corrected chi connectivity index (χ0v) is 10.6. The second-order valence-corrected chi connectivity index (χ2v) is 5.69. The minimum Gasteiger partial charge on any atom is -0.309 e. The van der Waals surface area contributed by atoms with Gasteiger partial charge in [-0.3, -0.25) is 4.57 Å². The molecule has 0 bridgehead atoms. The van der Waals surface area contributed by atoms with Gasteiger partial charge in [-0.25, -0.2) is 4.98 Å². The molecule has 0 fully saturated rings. The van der Waals surface area contributed by atoms with Gasteiger partial charge in [-0.15, -0.1) is 11.3 Å². The van der Waals surface area contributed by atoms with Crippen LogP contribution in [0.25, 0.3) is 0 Å². The van der Waals surface area contributed by atoms with Crippen LogP contribution in [0.3, 0.4) is 0 Å². The molecule has 1 radical (unpaired) electrons. The molecule has 0 aliphatic heterocycles. The molecule has 1 heterocycles. The van der Waals surface area contributed by atoms with Crippen LogP contribution in [-0.2, 0) is 20.0 Å². The summed E-state index contributed by atoms with van der Waals surface area (Å²) in [5.74, 6) is 0. The summed E-state index contributed by atoms with van der Waals surface area (Å²) in [6.45, 7) is 4.42. The molecule has 0 unspecified atom stereocenters. The Morgan fingerprint density at radius 3 is 2.60 bits per heavy atom. The molecule has 0 amide bonds. The van der Waals surface area contributed by atoms with E-state index in [4.69, 9.17) is 9.05 Å². The van der Waals surface area contributed by atoms with Gasteiger partial charge in [-0.2, -0.15) is 0 Å². The van der Waals surface area contributed by atoms with Crippen molar-refractivity contribution in [2.75, 3.05) is 19.4 Å². The Morgan fingerprint density at radius 1 is 1.47 bits per heavy atom. The third-order valence-corrected chi connectivity index (χ3v) is 4.39. The fourth-order valence-electron chi connectivity index (χ4n) is 1.13. The second-order valence-electron chi connectivity index (χ2n) is 2.85. The van der Waals surface area contributed by atoms with Crippen molar-refractivity contribution in [3.63, 3.8) is 0 Å². The maximum absolute atomic E-state index is 12.0. The first kappa shape index (κ1) is 12.8. The van der Waals surface area contributed by atoms with E-state index >= 15 is 0 Å². The monoisotopic (exact) mass is 248 g/mol. The van der Waals surface area contributed by atoms with Crippen LogP contribution in [0.1, 0.15) is 19.5 Å². The first-order valence-corrected chi connectivity index (χ1v) is 7.49. The molecule has 0 aliphatic rings. The summed E-state index contributed by atoms with van der Waals surface area (Å²) in [5.41, 5.74) is 3.64. The number of thiazole rings is 1. The molecular formula is C9H15NO3PS. The summed E-state index contributed by atoms with van der Waals surface area (Å²) in [6, 6.07) is 0. The Balaban J connectivity index is 2.48. The van der Waals surface area contributed by atoms with Crippen LogP contribution in [0.15, 0.2) is 5.38 Å². The van der Waals surface area contributed by atoms with E-state index in [1.54, 1.807) is 0 Å². The predicted octanol–water partition coefficient (Wildman–Crippen LogP) is 2.75. The van der Waals surface area contributed by atoms with E-state index in [-0.39, 0.29) is 0 Å². The highest BCUT2D eigenvalue weighted by atomic mass is 32.1. The fraction of sp³-hybridized carbons (Fsp3) is 0.667. The van der Waals surface area contributed by atoms with Gasteiger partial charge in [0.25, 0.3) is 0 Å². The Hall–Kier alpha value is -0.220. The molecule has 0 spiro atoms. The van der Waals surface area contributed by atoms with Crippen molar-refractivity contribution in [3.05, 3.63) is 16.6 Å². The van der Waals surface area contributed by atoms with Crippen molar-refractivity contribution in [2.45, 2.75) is 20.3 Å². The summed E-state index contributed by atoms with van der Waals surface area (Å²) in [5, 5.41) is 1.89.